The van der Waals surface area contributed by atoms with Crippen molar-refractivity contribution in [1.29, 1.82) is 0 Å². The van der Waals surface area contributed by atoms with Crippen LogP contribution >= 0.6 is 11.8 Å². The van der Waals surface area contributed by atoms with Gasteiger partial charge in [-0.15, -0.1) is 0 Å². The Morgan fingerprint density at radius 3 is 2.77 bits per heavy atom. The Balaban J connectivity index is 1.47. The van der Waals surface area contributed by atoms with Gasteiger partial charge in [0.15, 0.2) is 5.65 Å². The number of pyridine rings is 1. The Labute approximate surface area is 174 Å². The molecule has 0 N–H and O–H groups in total. The predicted molar refractivity (Wildman–Crippen MR) is 112 cm³/mol. The highest BCUT2D eigenvalue weighted by atomic mass is 32.2. The number of hydrogen-bond donors (Lipinski definition) is 0. The molecule has 0 aliphatic carbocycles. The fourth-order valence-corrected chi connectivity index (χ4v) is 4.03. The lowest BCUT2D eigenvalue weighted by Crippen LogP contribution is -2.15. The largest absolute Gasteiger partial charge is 0.269 e. The number of fused-ring (bicyclic) bond motifs is 2. The van der Waals surface area contributed by atoms with E-state index in [-0.39, 0.29) is 11.4 Å². The van der Waals surface area contributed by atoms with Crippen LogP contribution in [0, 0.1) is 12.7 Å². The van der Waals surface area contributed by atoms with E-state index in [0.717, 1.165) is 16.0 Å². The Kier molecular flexibility index (Phi) is 4.51. The van der Waals surface area contributed by atoms with Crippen LogP contribution in [0.2, 0.25) is 0 Å². The lowest BCUT2D eigenvalue weighted by Gasteiger charge is -2.06. The molecule has 0 unspecified atom stereocenters. The van der Waals surface area contributed by atoms with E-state index in [0.29, 0.717) is 28.4 Å². The first-order chi connectivity index (χ1) is 14.6. The number of aromatic nitrogens is 6. The SMILES string of the molecule is Cc1ccn2c(=O)cc(CSc3ncnc4c3cnn4-c3ccc(F)cc3)nc2c1. The summed E-state index contributed by atoms with van der Waals surface area (Å²) in [5.41, 5.74) is 3.55. The van der Waals surface area contributed by atoms with Crippen LogP contribution in [-0.2, 0) is 5.75 Å². The van der Waals surface area contributed by atoms with E-state index in [4.69, 9.17) is 0 Å². The Hall–Kier alpha value is -3.59. The van der Waals surface area contributed by atoms with Crippen LogP contribution in [0.4, 0.5) is 4.39 Å². The van der Waals surface area contributed by atoms with Gasteiger partial charge in [-0.1, -0.05) is 11.8 Å². The monoisotopic (exact) mass is 418 g/mol. The second kappa shape index (κ2) is 7.34. The molecule has 30 heavy (non-hydrogen) atoms. The number of thioether (sulfide) groups is 1. The average molecular weight is 418 g/mol. The van der Waals surface area contributed by atoms with Crippen LogP contribution in [0.15, 0.2) is 71.0 Å². The molecule has 0 aliphatic heterocycles. The van der Waals surface area contributed by atoms with E-state index in [2.05, 4.69) is 20.1 Å². The van der Waals surface area contributed by atoms with Gasteiger partial charge in [0.1, 0.15) is 22.8 Å². The highest BCUT2D eigenvalue weighted by molar-refractivity contribution is 7.98. The third-order valence-electron chi connectivity index (χ3n) is 4.63. The molecule has 0 atom stereocenters. The van der Waals surface area contributed by atoms with Crippen molar-refractivity contribution in [1.82, 2.24) is 29.1 Å². The summed E-state index contributed by atoms with van der Waals surface area (Å²) in [5, 5.41) is 5.90. The molecule has 0 saturated carbocycles. The molecule has 0 amide bonds. The second-order valence-electron chi connectivity index (χ2n) is 6.76. The molecule has 4 aromatic heterocycles. The van der Waals surface area contributed by atoms with Crippen LogP contribution in [0.25, 0.3) is 22.4 Å². The summed E-state index contributed by atoms with van der Waals surface area (Å²) in [6.07, 6.45) is 4.89. The Bertz CT molecular complexity index is 1440. The maximum absolute atomic E-state index is 13.2. The molecule has 0 aliphatic rings. The van der Waals surface area contributed by atoms with E-state index >= 15 is 0 Å². The van der Waals surface area contributed by atoms with Crippen molar-refractivity contribution in [2.75, 3.05) is 0 Å². The highest BCUT2D eigenvalue weighted by Crippen LogP contribution is 2.27. The number of aryl methyl sites for hydroxylation is 1. The summed E-state index contributed by atoms with van der Waals surface area (Å²) < 4.78 is 16.4. The van der Waals surface area contributed by atoms with Gasteiger partial charge < -0.3 is 0 Å². The summed E-state index contributed by atoms with van der Waals surface area (Å²) in [4.78, 5) is 25.7. The van der Waals surface area contributed by atoms with Crippen molar-refractivity contribution >= 4 is 28.4 Å². The number of benzene rings is 1. The van der Waals surface area contributed by atoms with E-state index in [1.807, 2.05) is 19.1 Å². The first-order valence-corrected chi connectivity index (χ1v) is 10.1. The summed E-state index contributed by atoms with van der Waals surface area (Å²) in [6, 6.07) is 11.3. The summed E-state index contributed by atoms with van der Waals surface area (Å²) >= 11 is 1.46. The van der Waals surface area contributed by atoms with Crippen molar-refractivity contribution in [3.8, 4) is 5.69 Å². The maximum Gasteiger partial charge on any atom is 0.258 e. The quantitative estimate of drug-likeness (QED) is 0.328. The smallest absolute Gasteiger partial charge is 0.258 e. The molecule has 5 aromatic rings. The minimum absolute atomic E-state index is 0.118. The van der Waals surface area contributed by atoms with Crippen molar-refractivity contribution in [2.24, 2.45) is 0 Å². The van der Waals surface area contributed by atoms with Crippen molar-refractivity contribution in [2.45, 2.75) is 17.7 Å². The van der Waals surface area contributed by atoms with Crippen LogP contribution in [0.3, 0.4) is 0 Å². The summed E-state index contributed by atoms with van der Waals surface area (Å²) in [7, 11) is 0. The third-order valence-corrected chi connectivity index (χ3v) is 5.67. The topological polar surface area (TPSA) is 78.0 Å². The molecule has 7 nitrogen and oxygen atoms in total. The molecule has 9 heteroatoms. The number of halogens is 1. The molecule has 5 rings (SSSR count). The van der Waals surface area contributed by atoms with Crippen LogP contribution in [-0.4, -0.2) is 29.1 Å². The van der Waals surface area contributed by atoms with Gasteiger partial charge in [0.2, 0.25) is 0 Å². The van der Waals surface area contributed by atoms with Crippen molar-refractivity contribution in [3.05, 3.63) is 88.6 Å². The molecule has 148 valence electrons. The van der Waals surface area contributed by atoms with Crippen LogP contribution in [0.1, 0.15) is 11.3 Å². The normalized spacial score (nSPS) is 11.4. The first-order valence-electron chi connectivity index (χ1n) is 9.15. The van der Waals surface area contributed by atoms with E-state index in [1.54, 1.807) is 29.2 Å². The lowest BCUT2D eigenvalue weighted by atomic mass is 10.3. The van der Waals surface area contributed by atoms with Crippen LogP contribution < -0.4 is 5.56 Å². The zero-order valence-corrected chi connectivity index (χ0v) is 16.7. The first kappa shape index (κ1) is 18.4. The van der Waals surface area contributed by atoms with Gasteiger partial charge in [-0.25, -0.2) is 24.0 Å². The third kappa shape index (κ3) is 3.33. The molecule has 0 radical (unpaired) electrons. The minimum atomic E-state index is -0.310. The standard InChI is InChI=1S/C21H15FN6OS/c1-13-6-7-27-18(8-13)26-15(9-19(27)29)11-30-21-17-10-25-28(20(17)23-12-24-21)16-4-2-14(22)3-5-16/h2-10,12H,11H2,1H3. The van der Waals surface area contributed by atoms with E-state index in [9.17, 15) is 9.18 Å². The van der Waals surface area contributed by atoms with Gasteiger partial charge in [-0.05, 0) is 48.9 Å². The van der Waals surface area contributed by atoms with E-state index < -0.39 is 0 Å². The Morgan fingerprint density at radius 2 is 1.93 bits per heavy atom. The van der Waals surface area contributed by atoms with Gasteiger partial charge >= 0.3 is 0 Å². The molecule has 4 heterocycles. The molecule has 0 fully saturated rings. The van der Waals surface area contributed by atoms with Crippen molar-refractivity contribution in [3.63, 3.8) is 0 Å². The second-order valence-corrected chi connectivity index (χ2v) is 7.72. The van der Waals surface area contributed by atoms with Crippen LogP contribution in [0.5, 0.6) is 0 Å². The summed E-state index contributed by atoms with van der Waals surface area (Å²) in [6.45, 7) is 1.96. The predicted octanol–water partition coefficient (Wildman–Crippen LogP) is 3.56. The average Bonchev–Trinajstić information content (AvgIpc) is 3.17. The van der Waals surface area contributed by atoms with Crippen molar-refractivity contribution < 1.29 is 4.39 Å². The zero-order chi connectivity index (χ0) is 20.7. The molecular formula is C21H15FN6OS. The highest BCUT2D eigenvalue weighted by Gasteiger charge is 2.13. The fraction of sp³-hybridized carbons (Fsp3) is 0.0952. The van der Waals surface area contributed by atoms with Gasteiger partial charge in [-0.2, -0.15) is 5.10 Å². The number of rotatable bonds is 4. The molecule has 0 spiro atoms. The van der Waals surface area contributed by atoms with Gasteiger partial charge in [0, 0.05) is 18.0 Å². The fourth-order valence-electron chi connectivity index (χ4n) is 3.18. The zero-order valence-electron chi connectivity index (χ0n) is 15.9. The molecule has 0 bridgehead atoms. The summed E-state index contributed by atoms with van der Waals surface area (Å²) in [5.74, 6) is 0.170. The minimum Gasteiger partial charge on any atom is -0.269 e. The molecule has 1 aromatic carbocycles. The Morgan fingerprint density at radius 1 is 1.10 bits per heavy atom. The maximum atomic E-state index is 13.2. The number of hydrogen-bond acceptors (Lipinski definition) is 6. The molecule has 0 saturated heterocycles. The van der Waals surface area contributed by atoms with Gasteiger partial charge in [-0.3, -0.25) is 9.20 Å². The van der Waals surface area contributed by atoms with Gasteiger partial charge in [0.05, 0.1) is 23.0 Å². The van der Waals surface area contributed by atoms with E-state index in [1.165, 1.54) is 40.7 Å². The number of nitrogens with zero attached hydrogens (tertiary/aromatic N) is 6. The molecular weight excluding hydrogens is 403 g/mol. The van der Waals surface area contributed by atoms with Gasteiger partial charge in [0.25, 0.3) is 5.56 Å². The lowest BCUT2D eigenvalue weighted by molar-refractivity contribution is 0.627.